The molecule has 4 aliphatic carbocycles. The van der Waals surface area contributed by atoms with Crippen molar-refractivity contribution in [3.05, 3.63) is 34.4 Å². The number of aliphatic hydroxyl groups is 1. The molecule has 0 amide bonds. The van der Waals surface area contributed by atoms with Crippen molar-refractivity contribution in [1.82, 2.24) is 0 Å². The van der Waals surface area contributed by atoms with Crippen LogP contribution in [0.5, 0.6) is 0 Å². The van der Waals surface area contributed by atoms with Crippen LogP contribution < -0.4 is 0 Å². The summed E-state index contributed by atoms with van der Waals surface area (Å²) in [5, 5.41) is 9.67. The Kier molecular flexibility index (Phi) is 8.80. The van der Waals surface area contributed by atoms with Gasteiger partial charge in [0.2, 0.25) is 0 Å². The van der Waals surface area contributed by atoms with Crippen molar-refractivity contribution in [1.29, 1.82) is 0 Å². The Hall–Kier alpha value is -2.94. The van der Waals surface area contributed by atoms with Gasteiger partial charge >= 0.3 is 23.9 Å². The third-order valence-electron chi connectivity index (χ3n) is 13.1. The highest BCUT2D eigenvalue weighted by Gasteiger charge is 2.80. The van der Waals surface area contributed by atoms with E-state index in [1.54, 1.807) is 0 Å². The molecule has 0 aromatic carbocycles. The van der Waals surface area contributed by atoms with Gasteiger partial charge in [0.15, 0.2) is 0 Å². The van der Waals surface area contributed by atoms with Gasteiger partial charge in [0, 0.05) is 49.2 Å². The van der Waals surface area contributed by atoms with Crippen LogP contribution in [0.2, 0.25) is 0 Å². The molecule has 2 bridgehead atoms. The lowest BCUT2D eigenvalue weighted by Gasteiger charge is -2.46. The molecule has 2 spiro atoms. The van der Waals surface area contributed by atoms with Crippen LogP contribution in [-0.4, -0.2) is 60.0 Å². The second kappa shape index (κ2) is 12.2. The Morgan fingerprint density at radius 1 is 1.09 bits per heavy atom. The Balaban J connectivity index is 1.50. The minimum absolute atomic E-state index is 0.0161. The molecule has 0 aromatic rings. The van der Waals surface area contributed by atoms with Gasteiger partial charge in [0.05, 0.1) is 11.3 Å². The highest BCUT2D eigenvalue weighted by Crippen LogP contribution is 2.76. The van der Waals surface area contributed by atoms with E-state index in [9.17, 15) is 24.3 Å². The fraction of sp³-hybridized carbons (Fsp3) is 0.737. The fourth-order valence-corrected chi connectivity index (χ4v) is 10.9. The number of carbonyl (C=O) groups excluding carboxylic acids is 4. The van der Waals surface area contributed by atoms with E-state index in [0.29, 0.717) is 37.7 Å². The first-order valence-electron chi connectivity index (χ1n) is 17.7. The van der Waals surface area contributed by atoms with Gasteiger partial charge in [-0.15, -0.1) is 0 Å². The smallest absolute Gasteiger partial charge is 0.334 e. The highest BCUT2D eigenvalue weighted by molar-refractivity contribution is 5.91. The Morgan fingerprint density at radius 2 is 1.81 bits per heavy atom. The van der Waals surface area contributed by atoms with Crippen molar-refractivity contribution in [3.8, 4) is 0 Å². The second-order valence-corrected chi connectivity index (χ2v) is 15.6. The normalized spacial score (nSPS) is 40.0. The standard InChI is InChI=1S/C38H52O9/c1-9-18(2)13-29(41)47-33-30(19(3)11-10-12-39)20(4)14-28-32(33)38(36(43)46-28)17-37-21(5)15-27-25(22(6)35(42)45-27)16-26(37)23(7)31(38)34(37)44-24(8)40/h18-19,21,25,27-28,31-34,39H,6,9-17H2,1-5,7-8H3/t18?,19-,21-,25+,27-,28+,31-,32+,33+,34?,37-,38+/m0/s1. The van der Waals surface area contributed by atoms with Crippen molar-refractivity contribution in [3.63, 3.8) is 0 Å². The molecule has 2 aliphatic heterocycles. The first kappa shape index (κ1) is 33.9. The Morgan fingerprint density at radius 3 is 2.47 bits per heavy atom. The monoisotopic (exact) mass is 652 g/mol. The summed E-state index contributed by atoms with van der Waals surface area (Å²) in [5.41, 5.74) is 2.95. The fourth-order valence-electron chi connectivity index (χ4n) is 10.9. The summed E-state index contributed by atoms with van der Waals surface area (Å²) in [7, 11) is 0. The summed E-state index contributed by atoms with van der Waals surface area (Å²) in [6.45, 7) is 18.0. The molecule has 12 atom stereocenters. The van der Waals surface area contributed by atoms with E-state index < -0.39 is 46.9 Å². The summed E-state index contributed by atoms with van der Waals surface area (Å²) in [4.78, 5) is 53.7. The topological polar surface area (TPSA) is 125 Å². The number of carbonyl (C=O) groups is 4. The molecule has 2 saturated heterocycles. The van der Waals surface area contributed by atoms with E-state index in [0.717, 1.165) is 35.1 Å². The number of rotatable bonds is 9. The Labute approximate surface area is 278 Å². The average molecular weight is 653 g/mol. The molecule has 6 rings (SSSR count). The molecule has 2 saturated carbocycles. The van der Waals surface area contributed by atoms with Gasteiger partial charge in [0.1, 0.15) is 24.4 Å². The second-order valence-electron chi connectivity index (χ2n) is 15.6. The van der Waals surface area contributed by atoms with Crippen molar-refractivity contribution in [2.45, 2.75) is 124 Å². The van der Waals surface area contributed by atoms with E-state index in [2.05, 4.69) is 20.4 Å². The van der Waals surface area contributed by atoms with Crippen LogP contribution in [0, 0.1) is 46.3 Å². The predicted octanol–water partition coefficient (Wildman–Crippen LogP) is 5.79. The molecule has 9 nitrogen and oxygen atoms in total. The van der Waals surface area contributed by atoms with E-state index in [1.807, 2.05) is 27.7 Å². The van der Waals surface area contributed by atoms with E-state index in [4.69, 9.17) is 18.9 Å². The van der Waals surface area contributed by atoms with Crippen LogP contribution in [0.15, 0.2) is 34.4 Å². The third-order valence-corrected chi connectivity index (χ3v) is 13.1. The zero-order valence-corrected chi connectivity index (χ0v) is 29.1. The minimum Gasteiger partial charge on any atom is -0.461 e. The van der Waals surface area contributed by atoms with Crippen LogP contribution in [0.4, 0.5) is 0 Å². The van der Waals surface area contributed by atoms with Crippen LogP contribution in [0.25, 0.3) is 0 Å². The number of hydrogen-bond acceptors (Lipinski definition) is 9. The van der Waals surface area contributed by atoms with Crippen LogP contribution >= 0.6 is 0 Å². The maximum absolute atomic E-state index is 14.6. The number of esters is 4. The molecule has 0 radical (unpaired) electrons. The molecule has 258 valence electrons. The summed E-state index contributed by atoms with van der Waals surface area (Å²) in [5.74, 6) is -2.37. The SMILES string of the molecule is C=C1C(=O)O[C@H]2C[C@H](C)[C@@]34C[C@@]5(C(=O)O[C@@H]6CC(C)=C([C@@H](C)CCCO)[C@@H](OC(=O)CC(C)CC)[C@@H]65)[C@@H](C(C)=C3C[C@H]12)C4OC(C)=O. The van der Waals surface area contributed by atoms with Gasteiger partial charge < -0.3 is 24.1 Å². The zero-order valence-electron chi connectivity index (χ0n) is 29.1. The lowest BCUT2D eigenvalue weighted by Crippen LogP contribution is -2.51. The molecule has 47 heavy (non-hydrogen) atoms. The third kappa shape index (κ3) is 4.95. The average Bonchev–Trinajstić information content (AvgIpc) is 3.58. The van der Waals surface area contributed by atoms with Gasteiger partial charge in [-0.2, -0.15) is 0 Å². The minimum atomic E-state index is -1.08. The summed E-state index contributed by atoms with van der Waals surface area (Å²) >= 11 is 0. The Bertz CT molecular complexity index is 1440. The van der Waals surface area contributed by atoms with Gasteiger partial charge in [-0.1, -0.05) is 57.4 Å². The van der Waals surface area contributed by atoms with Crippen molar-refractivity contribution < 1.29 is 43.2 Å². The molecular formula is C38H52O9. The predicted molar refractivity (Wildman–Crippen MR) is 172 cm³/mol. The van der Waals surface area contributed by atoms with Crippen LogP contribution in [0.3, 0.4) is 0 Å². The van der Waals surface area contributed by atoms with Gasteiger partial charge in [-0.25, -0.2) is 4.79 Å². The molecule has 0 aromatic heterocycles. The van der Waals surface area contributed by atoms with Crippen LogP contribution in [-0.2, 0) is 38.1 Å². The number of hydrogen-bond donors (Lipinski definition) is 1. The summed E-state index contributed by atoms with van der Waals surface area (Å²) in [6.07, 6.45) is 2.44. The zero-order chi connectivity index (χ0) is 34.2. The largest absolute Gasteiger partial charge is 0.461 e. The molecule has 1 N–H and O–H groups in total. The van der Waals surface area contributed by atoms with Gasteiger partial charge in [-0.3, -0.25) is 14.4 Å². The molecule has 2 heterocycles. The quantitative estimate of drug-likeness (QED) is 0.143. The molecular weight excluding hydrogens is 600 g/mol. The first-order valence-corrected chi connectivity index (χ1v) is 17.7. The van der Waals surface area contributed by atoms with Gasteiger partial charge in [0.25, 0.3) is 0 Å². The number of ether oxygens (including phenoxy) is 4. The maximum Gasteiger partial charge on any atom is 0.334 e. The van der Waals surface area contributed by atoms with Gasteiger partial charge in [-0.05, 0) is 69.3 Å². The number of aliphatic hydroxyl groups excluding tert-OH is 1. The summed E-state index contributed by atoms with van der Waals surface area (Å²) in [6, 6.07) is 0. The van der Waals surface area contributed by atoms with Crippen molar-refractivity contribution in [2.75, 3.05) is 6.61 Å². The van der Waals surface area contributed by atoms with E-state index in [1.165, 1.54) is 6.92 Å². The van der Waals surface area contributed by atoms with Crippen molar-refractivity contribution >= 4 is 23.9 Å². The summed E-state index contributed by atoms with van der Waals surface area (Å²) < 4.78 is 25.0. The van der Waals surface area contributed by atoms with E-state index >= 15 is 0 Å². The highest BCUT2D eigenvalue weighted by atomic mass is 16.6. The first-order chi connectivity index (χ1) is 22.2. The van der Waals surface area contributed by atoms with Crippen molar-refractivity contribution in [2.24, 2.45) is 46.3 Å². The van der Waals surface area contributed by atoms with Crippen LogP contribution in [0.1, 0.15) is 99.8 Å². The molecule has 2 unspecified atom stereocenters. The molecule has 4 fully saturated rings. The molecule has 6 aliphatic rings. The lowest BCUT2D eigenvalue weighted by molar-refractivity contribution is -0.158. The van der Waals surface area contributed by atoms with E-state index in [-0.39, 0.29) is 60.7 Å². The maximum atomic E-state index is 14.6. The molecule has 9 heteroatoms. The lowest BCUT2D eigenvalue weighted by atomic mass is 9.55. The number of fused-ring (bicyclic) bond motifs is 5.